The molecule has 7 heteroatoms. The molecule has 0 saturated carbocycles. The van der Waals surface area contributed by atoms with Crippen LogP contribution in [0.15, 0.2) is 78.4 Å². The Kier molecular flexibility index (Phi) is 6.90. The van der Waals surface area contributed by atoms with E-state index in [2.05, 4.69) is 34.6 Å². The smallest absolute Gasteiger partial charge is 0.345 e. The molecule has 0 unspecified atom stereocenters. The molecule has 5 rings (SSSR count). The van der Waals surface area contributed by atoms with Crippen LogP contribution in [0.2, 0.25) is 0 Å². The lowest BCUT2D eigenvalue weighted by atomic mass is 9.96. The Labute approximate surface area is 207 Å². The van der Waals surface area contributed by atoms with E-state index >= 15 is 0 Å². The van der Waals surface area contributed by atoms with Crippen molar-refractivity contribution >= 4 is 17.3 Å². The van der Waals surface area contributed by atoms with Crippen LogP contribution >= 0.6 is 11.3 Å². The minimum absolute atomic E-state index is 0.0648. The van der Waals surface area contributed by atoms with Crippen LogP contribution in [0, 0.1) is 0 Å². The zero-order chi connectivity index (χ0) is 24.2. The van der Waals surface area contributed by atoms with E-state index in [0.717, 1.165) is 46.4 Å². The van der Waals surface area contributed by atoms with Crippen LogP contribution in [0.5, 0.6) is 5.75 Å². The number of hydrogen-bond acceptors (Lipinski definition) is 6. The largest absolute Gasteiger partial charge is 0.489 e. The number of nitrogens with one attached hydrogen (secondary N) is 1. The predicted octanol–water partition coefficient (Wildman–Crippen LogP) is 5.19. The molecule has 2 aromatic carbocycles. The highest BCUT2D eigenvalue weighted by atomic mass is 32.1. The van der Waals surface area contributed by atoms with Crippen molar-refractivity contribution in [2.45, 2.75) is 25.0 Å². The molecule has 0 bridgehead atoms. The Balaban J connectivity index is 1.19. The third-order valence-electron chi connectivity index (χ3n) is 6.23. The highest BCUT2D eigenvalue weighted by Crippen LogP contribution is 2.33. The molecule has 2 atom stereocenters. The van der Waals surface area contributed by atoms with Gasteiger partial charge in [-0.1, -0.05) is 36.4 Å². The van der Waals surface area contributed by atoms with E-state index in [0.29, 0.717) is 18.0 Å². The maximum Gasteiger partial charge on any atom is 0.345 e. The van der Waals surface area contributed by atoms with Crippen molar-refractivity contribution in [2.75, 3.05) is 13.1 Å². The van der Waals surface area contributed by atoms with Crippen LogP contribution < -0.4 is 10.1 Å². The van der Waals surface area contributed by atoms with Crippen molar-refractivity contribution in [2.24, 2.45) is 0 Å². The average Bonchev–Trinajstić information content (AvgIpc) is 3.40. The van der Waals surface area contributed by atoms with E-state index in [9.17, 15) is 9.90 Å². The summed E-state index contributed by atoms with van der Waals surface area (Å²) in [7, 11) is 0. The van der Waals surface area contributed by atoms with Crippen molar-refractivity contribution in [3.63, 3.8) is 0 Å². The van der Waals surface area contributed by atoms with Gasteiger partial charge >= 0.3 is 5.97 Å². The number of benzene rings is 2. The standard InChI is InChI=1S/C28H26N2O4S/c31-25(22-2-1-11-29-14-22)16-30-15-24-9-7-21-12-20(8-10-26(21)34-24)18-3-5-19(6-4-18)23-13-27(28(32)33)35-17-23/h1-6,8,10-14,17,24-25,30-31H,7,9,15-16H2,(H,32,33)/t24-,25+/m1/s1. The van der Waals surface area contributed by atoms with Gasteiger partial charge in [-0.2, -0.15) is 0 Å². The van der Waals surface area contributed by atoms with E-state index in [1.54, 1.807) is 18.5 Å². The normalized spacial score (nSPS) is 15.7. The monoisotopic (exact) mass is 486 g/mol. The number of thiophene rings is 1. The van der Waals surface area contributed by atoms with E-state index in [-0.39, 0.29) is 6.10 Å². The number of ether oxygens (including phenoxy) is 1. The number of carboxylic acid groups (broad SMARTS) is 1. The van der Waals surface area contributed by atoms with Gasteiger partial charge < -0.3 is 20.3 Å². The lowest BCUT2D eigenvalue weighted by molar-refractivity contribution is 0.0702. The molecular formula is C28H26N2O4S. The fraction of sp³-hybridized carbons (Fsp3) is 0.214. The Hall–Kier alpha value is -3.52. The number of aromatic nitrogens is 1. The number of nitrogens with zero attached hydrogens (tertiary/aromatic N) is 1. The maximum atomic E-state index is 11.1. The minimum Gasteiger partial charge on any atom is -0.489 e. The van der Waals surface area contributed by atoms with Gasteiger partial charge in [0.15, 0.2) is 0 Å². The Morgan fingerprint density at radius 1 is 1.09 bits per heavy atom. The van der Waals surface area contributed by atoms with Gasteiger partial charge in [-0.3, -0.25) is 4.98 Å². The molecule has 1 aliphatic rings. The van der Waals surface area contributed by atoms with Gasteiger partial charge in [0.25, 0.3) is 0 Å². The van der Waals surface area contributed by atoms with Gasteiger partial charge in [0.1, 0.15) is 16.7 Å². The Morgan fingerprint density at radius 2 is 1.86 bits per heavy atom. The number of rotatable bonds is 8. The molecule has 3 N–H and O–H groups in total. The Morgan fingerprint density at radius 3 is 2.57 bits per heavy atom. The second-order valence-electron chi connectivity index (χ2n) is 8.64. The van der Waals surface area contributed by atoms with Crippen LogP contribution in [0.1, 0.15) is 33.3 Å². The summed E-state index contributed by atoms with van der Waals surface area (Å²) in [6, 6.07) is 19.9. The van der Waals surface area contributed by atoms with Gasteiger partial charge in [-0.05, 0) is 70.3 Å². The summed E-state index contributed by atoms with van der Waals surface area (Å²) < 4.78 is 6.21. The van der Waals surface area contributed by atoms with Crippen LogP contribution in [0.4, 0.5) is 0 Å². The van der Waals surface area contributed by atoms with Crippen LogP contribution in [0.3, 0.4) is 0 Å². The van der Waals surface area contributed by atoms with E-state index < -0.39 is 12.1 Å². The topological polar surface area (TPSA) is 91.7 Å². The second kappa shape index (κ2) is 10.4. The van der Waals surface area contributed by atoms with E-state index in [1.165, 1.54) is 16.9 Å². The first-order valence-electron chi connectivity index (χ1n) is 11.6. The third kappa shape index (κ3) is 5.43. The molecule has 2 aromatic heterocycles. The number of aryl methyl sites for hydroxylation is 1. The number of hydrogen-bond donors (Lipinski definition) is 3. The number of pyridine rings is 1. The van der Waals surface area contributed by atoms with Gasteiger partial charge in [-0.15, -0.1) is 11.3 Å². The summed E-state index contributed by atoms with van der Waals surface area (Å²) in [4.78, 5) is 15.5. The molecule has 6 nitrogen and oxygen atoms in total. The number of aliphatic hydroxyl groups excluding tert-OH is 1. The summed E-state index contributed by atoms with van der Waals surface area (Å²) >= 11 is 1.24. The molecule has 1 aliphatic heterocycles. The number of carbonyl (C=O) groups is 1. The fourth-order valence-corrected chi connectivity index (χ4v) is 5.05. The summed E-state index contributed by atoms with van der Waals surface area (Å²) in [5.74, 6) is 0.0187. The first-order chi connectivity index (χ1) is 17.1. The van der Waals surface area contributed by atoms with Gasteiger partial charge in [0.05, 0.1) is 6.10 Å². The van der Waals surface area contributed by atoms with E-state index in [1.807, 2.05) is 35.7 Å². The zero-order valence-corrected chi connectivity index (χ0v) is 19.9. The first-order valence-corrected chi connectivity index (χ1v) is 12.5. The maximum absolute atomic E-state index is 11.1. The molecule has 0 spiro atoms. The lowest BCUT2D eigenvalue weighted by Crippen LogP contribution is -2.36. The summed E-state index contributed by atoms with van der Waals surface area (Å²) in [5, 5.41) is 24.6. The second-order valence-corrected chi connectivity index (χ2v) is 9.55. The van der Waals surface area contributed by atoms with Crippen LogP contribution in [-0.4, -0.2) is 40.4 Å². The molecule has 0 amide bonds. The van der Waals surface area contributed by atoms with Crippen molar-refractivity contribution in [3.8, 4) is 28.0 Å². The number of fused-ring (bicyclic) bond motifs is 1. The highest BCUT2D eigenvalue weighted by molar-refractivity contribution is 7.12. The van der Waals surface area contributed by atoms with Crippen molar-refractivity contribution in [3.05, 3.63) is 94.4 Å². The molecular weight excluding hydrogens is 460 g/mol. The molecule has 0 radical (unpaired) electrons. The third-order valence-corrected chi connectivity index (χ3v) is 7.15. The van der Waals surface area contributed by atoms with Crippen molar-refractivity contribution in [1.82, 2.24) is 10.3 Å². The molecule has 35 heavy (non-hydrogen) atoms. The van der Waals surface area contributed by atoms with Crippen molar-refractivity contribution in [1.29, 1.82) is 0 Å². The average molecular weight is 487 g/mol. The number of aliphatic hydroxyl groups is 1. The molecule has 178 valence electrons. The summed E-state index contributed by atoms with van der Waals surface area (Å²) in [5.41, 5.74) is 6.16. The SMILES string of the molecule is O=C(O)c1cc(-c2ccc(-c3ccc4c(c3)CC[C@H](CNC[C@H](O)c3cccnc3)O4)cc2)cs1. The first kappa shape index (κ1) is 23.2. The zero-order valence-electron chi connectivity index (χ0n) is 19.1. The molecule has 4 aromatic rings. The summed E-state index contributed by atoms with van der Waals surface area (Å²) in [6.07, 6.45) is 4.70. The minimum atomic E-state index is -0.894. The number of carboxylic acids is 1. The molecule has 0 saturated heterocycles. The number of aromatic carboxylic acids is 1. The highest BCUT2D eigenvalue weighted by Gasteiger charge is 2.20. The quantitative estimate of drug-likeness (QED) is 0.317. The Bertz CT molecular complexity index is 1300. The van der Waals surface area contributed by atoms with Gasteiger partial charge in [0, 0.05) is 31.0 Å². The molecule has 0 fully saturated rings. The predicted molar refractivity (Wildman–Crippen MR) is 137 cm³/mol. The fourth-order valence-electron chi connectivity index (χ4n) is 4.29. The van der Waals surface area contributed by atoms with Crippen LogP contribution in [0.25, 0.3) is 22.3 Å². The van der Waals surface area contributed by atoms with E-state index in [4.69, 9.17) is 9.84 Å². The molecule has 3 heterocycles. The molecule has 0 aliphatic carbocycles. The van der Waals surface area contributed by atoms with Crippen molar-refractivity contribution < 1.29 is 19.7 Å². The van der Waals surface area contributed by atoms with Gasteiger partial charge in [-0.25, -0.2) is 4.79 Å². The lowest BCUT2D eigenvalue weighted by Gasteiger charge is -2.27. The van der Waals surface area contributed by atoms with Crippen LogP contribution in [-0.2, 0) is 6.42 Å². The summed E-state index contributed by atoms with van der Waals surface area (Å²) in [6.45, 7) is 1.13. The van der Waals surface area contributed by atoms with Gasteiger partial charge in [0.2, 0.25) is 0 Å².